The summed E-state index contributed by atoms with van der Waals surface area (Å²) in [6.07, 6.45) is -0.181. The van der Waals surface area contributed by atoms with Crippen molar-refractivity contribution < 1.29 is 14.3 Å². The van der Waals surface area contributed by atoms with Crippen LogP contribution in [-0.4, -0.2) is 30.9 Å². The average molecular weight is 350 g/mol. The predicted octanol–water partition coefficient (Wildman–Crippen LogP) is 3.39. The number of thioether (sulfide) groups is 1. The Labute approximate surface area is 144 Å². The van der Waals surface area contributed by atoms with E-state index >= 15 is 0 Å². The molecule has 6 heteroatoms. The minimum Gasteiger partial charge on any atom is -0.486 e. The van der Waals surface area contributed by atoms with Crippen molar-refractivity contribution in [3.63, 3.8) is 0 Å². The summed E-state index contributed by atoms with van der Waals surface area (Å²) in [4.78, 5) is 12.8. The van der Waals surface area contributed by atoms with Gasteiger partial charge in [0.05, 0.1) is 17.3 Å². The fourth-order valence-electron chi connectivity index (χ4n) is 2.15. The van der Waals surface area contributed by atoms with E-state index in [2.05, 4.69) is 5.32 Å². The van der Waals surface area contributed by atoms with E-state index < -0.39 is 0 Å². The van der Waals surface area contributed by atoms with Crippen molar-refractivity contribution in [3.05, 3.63) is 53.6 Å². The van der Waals surface area contributed by atoms with Crippen LogP contribution in [0.15, 0.2) is 53.4 Å². The molecule has 3 rings (SSSR count). The number of amides is 1. The summed E-state index contributed by atoms with van der Waals surface area (Å²) >= 11 is 7.48. The monoisotopic (exact) mass is 349 g/mol. The van der Waals surface area contributed by atoms with E-state index in [1.807, 2.05) is 48.5 Å². The van der Waals surface area contributed by atoms with Gasteiger partial charge in [-0.3, -0.25) is 4.79 Å². The lowest BCUT2D eigenvalue weighted by atomic mass is 10.2. The van der Waals surface area contributed by atoms with Gasteiger partial charge < -0.3 is 14.8 Å². The number of ether oxygens (including phenoxy) is 2. The highest BCUT2D eigenvalue weighted by atomic mass is 35.5. The minimum absolute atomic E-state index is 0.0580. The van der Waals surface area contributed by atoms with Gasteiger partial charge in [-0.2, -0.15) is 0 Å². The lowest BCUT2D eigenvalue weighted by Gasteiger charge is -2.26. The van der Waals surface area contributed by atoms with Gasteiger partial charge in [0.25, 0.3) is 0 Å². The molecular weight excluding hydrogens is 334 g/mol. The summed E-state index contributed by atoms with van der Waals surface area (Å²) in [7, 11) is 0. The highest BCUT2D eigenvalue weighted by Gasteiger charge is 2.20. The Morgan fingerprint density at radius 1 is 1.17 bits per heavy atom. The van der Waals surface area contributed by atoms with Gasteiger partial charge in [0.2, 0.25) is 5.91 Å². The van der Waals surface area contributed by atoms with Crippen LogP contribution in [0, 0.1) is 0 Å². The molecule has 0 saturated carbocycles. The molecule has 0 saturated heterocycles. The Morgan fingerprint density at radius 3 is 2.74 bits per heavy atom. The first-order valence-corrected chi connectivity index (χ1v) is 8.61. The van der Waals surface area contributed by atoms with Gasteiger partial charge in [-0.25, -0.2) is 0 Å². The zero-order valence-corrected chi connectivity index (χ0v) is 13.9. The highest BCUT2D eigenvalue weighted by Crippen LogP contribution is 2.30. The number of carbonyl (C=O) groups is 1. The van der Waals surface area contributed by atoms with E-state index in [4.69, 9.17) is 21.1 Å². The van der Waals surface area contributed by atoms with Gasteiger partial charge in [-0.1, -0.05) is 35.9 Å². The second-order valence-electron chi connectivity index (χ2n) is 5.02. The van der Waals surface area contributed by atoms with Crippen molar-refractivity contribution in [1.29, 1.82) is 0 Å². The second kappa shape index (κ2) is 7.62. The molecule has 1 aliphatic rings. The Morgan fingerprint density at radius 2 is 1.91 bits per heavy atom. The van der Waals surface area contributed by atoms with Crippen LogP contribution in [0.1, 0.15) is 0 Å². The summed E-state index contributed by atoms with van der Waals surface area (Å²) < 4.78 is 11.4. The average Bonchev–Trinajstić information content (AvgIpc) is 2.59. The maximum Gasteiger partial charge on any atom is 0.230 e. The van der Waals surface area contributed by atoms with E-state index in [-0.39, 0.29) is 12.0 Å². The molecule has 0 radical (unpaired) electrons. The molecule has 1 N–H and O–H groups in total. The first-order valence-electron chi connectivity index (χ1n) is 7.25. The van der Waals surface area contributed by atoms with Crippen LogP contribution in [0.5, 0.6) is 11.5 Å². The zero-order chi connectivity index (χ0) is 16.1. The van der Waals surface area contributed by atoms with Gasteiger partial charge in [0, 0.05) is 4.90 Å². The molecule has 120 valence electrons. The molecular formula is C17H16ClNO3S. The molecule has 4 nitrogen and oxygen atoms in total. The van der Waals surface area contributed by atoms with E-state index in [0.29, 0.717) is 29.7 Å². The van der Waals surface area contributed by atoms with Gasteiger partial charge in [0.1, 0.15) is 12.7 Å². The first-order chi connectivity index (χ1) is 11.2. The van der Waals surface area contributed by atoms with Crippen LogP contribution in [-0.2, 0) is 4.79 Å². The van der Waals surface area contributed by atoms with Crippen LogP contribution < -0.4 is 14.8 Å². The third-order valence-electron chi connectivity index (χ3n) is 3.29. The second-order valence-corrected chi connectivity index (χ2v) is 6.45. The standard InChI is InChI=1S/C17H16ClNO3S/c18-13-5-1-4-8-16(13)23-11-17(20)19-9-12-10-21-14-6-2-3-7-15(14)22-12/h1-8,12H,9-11H2,(H,19,20)/t12-/m1/s1. The normalized spacial score (nSPS) is 16.0. The van der Waals surface area contributed by atoms with E-state index in [1.54, 1.807) is 0 Å². The van der Waals surface area contributed by atoms with E-state index in [1.165, 1.54) is 11.8 Å². The number of halogens is 1. The SMILES string of the molecule is O=C(CSc1ccccc1Cl)NC[C@@H]1COc2ccccc2O1. The van der Waals surface area contributed by atoms with Crippen molar-refractivity contribution in [2.24, 2.45) is 0 Å². The minimum atomic E-state index is -0.181. The summed E-state index contributed by atoms with van der Waals surface area (Å²) in [6.45, 7) is 0.838. The predicted molar refractivity (Wildman–Crippen MR) is 91.5 cm³/mol. The smallest absolute Gasteiger partial charge is 0.230 e. The Balaban J connectivity index is 1.44. The van der Waals surface area contributed by atoms with Crippen LogP contribution in [0.3, 0.4) is 0 Å². The summed E-state index contributed by atoms with van der Waals surface area (Å²) in [5.74, 6) is 1.71. The summed E-state index contributed by atoms with van der Waals surface area (Å²) in [5, 5.41) is 3.52. The van der Waals surface area contributed by atoms with Crippen LogP contribution in [0.4, 0.5) is 0 Å². The molecule has 23 heavy (non-hydrogen) atoms. The van der Waals surface area contributed by atoms with Crippen LogP contribution in [0.2, 0.25) is 5.02 Å². The molecule has 1 heterocycles. The van der Waals surface area contributed by atoms with Crippen molar-refractivity contribution >= 4 is 29.3 Å². The molecule has 1 atom stereocenters. The van der Waals surface area contributed by atoms with Gasteiger partial charge in [-0.05, 0) is 24.3 Å². The Kier molecular flexibility index (Phi) is 5.31. The quantitative estimate of drug-likeness (QED) is 0.840. The molecule has 0 bridgehead atoms. The number of para-hydroxylation sites is 2. The maximum atomic E-state index is 11.9. The van der Waals surface area contributed by atoms with E-state index in [0.717, 1.165) is 10.6 Å². The zero-order valence-electron chi connectivity index (χ0n) is 12.3. The molecule has 1 amide bonds. The van der Waals surface area contributed by atoms with Gasteiger partial charge in [-0.15, -0.1) is 11.8 Å². The Hall–Kier alpha value is -1.85. The lowest BCUT2D eigenvalue weighted by molar-refractivity contribution is -0.119. The van der Waals surface area contributed by atoms with Crippen LogP contribution in [0.25, 0.3) is 0 Å². The molecule has 0 fully saturated rings. The molecule has 0 aliphatic carbocycles. The van der Waals surface area contributed by atoms with Gasteiger partial charge in [0.15, 0.2) is 11.5 Å². The third-order valence-corrected chi connectivity index (χ3v) is 4.81. The van der Waals surface area contributed by atoms with Gasteiger partial charge >= 0.3 is 0 Å². The van der Waals surface area contributed by atoms with Crippen molar-refractivity contribution in [2.45, 2.75) is 11.0 Å². The first kappa shape index (κ1) is 16.0. The molecule has 0 aromatic heterocycles. The fourth-order valence-corrected chi connectivity index (χ4v) is 3.22. The van der Waals surface area contributed by atoms with Crippen molar-refractivity contribution in [1.82, 2.24) is 5.32 Å². The number of carbonyl (C=O) groups excluding carboxylic acids is 1. The molecule has 1 aliphatic heterocycles. The number of benzene rings is 2. The number of hydrogen-bond acceptors (Lipinski definition) is 4. The number of hydrogen-bond donors (Lipinski definition) is 1. The number of rotatable bonds is 5. The van der Waals surface area contributed by atoms with Crippen molar-refractivity contribution in [2.75, 3.05) is 18.9 Å². The van der Waals surface area contributed by atoms with Crippen LogP contribution >= 0.6 is 23.4 Å². The molecule has 2 aromatic rings. The maximum absolute atomic E-state index is 11.9. The Bertz CT molecular complexity index is 695. The topological polar surface area (TPSA) is 47.6 Å². The summed E-state index contributed by atoms with van der Waals surface area (Å²) in [5.41, 5.74) is 0. The number of nitrogens with one attached hydrogen (secondary N) is 1. The van der Waals surface area contributed by atoms with Crippen molar-refractivity contribution in [3.8, 4) is 11.5 Å². The number of fused-ring (bicyclic) bond motifs is 1. The largest absolute Gasteiger partial charge is 0.486 e. The fraction of sp³-hybridized carbons (Fsp3) is 0.235. The lowest BCUT2D eigenvalue weighted by Crippen LogP contribution is -2.41. The van der Waals surface area contributed by atoms with E-state index in [9.17, 15) is 4.79 Å². The molecule has 2 aromatic carbocycles. The molecule has 0 spiro atoms. The molecule has 0 unspecified atom stereocenters. The highest BCUT2D eigenvalue weighted by molar-refractivity contribution is 8.00. The summed E-state index contributed by atoms with van der Waals surface area (Å²) in [6, 6.07) is 15.0. The third kappa shape index (κ3) is 4.33.